The maximum atomic E-state index is 6.04. The summed E-state index contributed by atoms with van der Waals surface area (Å²) in [4.78, 5) is 4.27. The molecule has 2 N–H and O–H groups in total. The number of amidine groups is 1. The molecule has 2 nitrogen and oxygen atoms in total. The van der Waals surface area contributed by atoms with Crippen LogP contribution in [0.1, 0.15) is 5.56 Å². The molecule has 20 heavy (non-hydrogen) atoms. The van der Waals surface area contributed by atoms with Crippen molar-refractivity contribution in [1.29, 1.82) is 0 Å². The van der Waals surface area contributed by atoms with Crippen molar-refractivity contribution >= 4 is 57.4 Å². The Kier molecular flexibility index (Phi) is 5.61. The van der Waals surface area contributed by atoms with Crippen LogP contribution in [0, 0.1) is 0 Å². The molecule has 6 heteroatoms. The number of aliphatic imine (C=N–C) groups is 1. The van der Waals surface area contributed by atoms with Crippen LogP contribution in [0.3, 0.4) is 0 Å². The summed E-state index contributed by atoms with van der Waals surface area (Å²) in [6, 6.07) is 12.7. The minimum atomic E-state index is 0.448. The van der Waals surface area contributed by atoms with Gasteiger partial charge >= 0.3 is 0 Å². The van der Waals surface area contributed by atoms with Gasteiger partial charge in [0, 0.05) is 15.8 Å². The SMILES string of the molecule is NC(=Nc1ccc(Cl)cc1Cl)SCc1ccc(Cl)cc1. The number of hydrogen-bond donors (Lipinski definition) is 1. The van der Waals surface area contributed by atoms with E-state index in [1.165, 1.54) is 11.8 Å². The number of nitrogens with zero attached hydrogens (tertiary/aromatic N) is 1. The molecule has 0 fully saturated rings. The first-order valence-electron chi connectivity index (χ1n) is 5.71. The fourth-order valence-corrected chi connectivity index (χ4v) is 2.71. The molecule has 2 aromatic rings. The highest BCUT2D eigenvalue weighted by Crippen LogP contribution is 2.28. The summed E-state index contributed by atoms with van der Waals surface area (Å²) in [5, 5.41) is 2.21. The van der Waals surface area contributed by atoms with Gasteiger partial charge in [-0.2, -0.15) is 0 Å². The number of hydrogen-bond acceptors (Lipinski definition) is 2. The number of rotatable bonds is 3. The quantitative estimate of drug-likeness (QED) is 0.587. The fraction of sp³-hybridized carbons (Fsp3) is 0.0714. The third-order valence-corrected chi connectivity index (χ3v) is 4.09. The number of nitrogens with two attached hydrogens (primary N) is 1. The lowest BCUT2D eigenvalue weighted by molar-refractivity contribution is 1.42. The lowest BCUT2D eigenvalue weighted by Crippen LogP contribution is -2.06. The molecule has 104 valence electrons. The molecule has 0 saturated heterocycles. The van der Waals surface area contributed by atoms with Gasteiger partial charge in [-0.25, -0.2) is 4.99 Å². The maximum absolute atomic E-state index is 6.04. The van der Waals surface area contributed by atoms with Gasteiger partial charge in [-0.15, -0.1) is 0 Å². The normalized spacial score (nSPS) is 11.7. The summed E-state index contributed by atoms with van der Waals surface area (Å²) in [5.74, 6) is 0.720. The number of halogens is 3. The Morgan fingerprint density at radius 3 is 2.30 bits per heavy atom. The minimum absolute atomic E-state index is 0.448. The van der Waals surface area contributed by atoms with E-state index in [0.29, 0.717) is 25.9 Å². The molecule has 0 spiro atoms. The van der Waals surface area contributed by atoms with Gasteiger partial charge in [0.1, 0.15) is 0 Å². The van der Waals surface area contributed by atoms with Crippen molar-refractivity contribution in [3.8, 4) is 0 Å². The van der Waals surface area contributed by atoms with Crippen LogP contribution in [0.15, 0.2) is 47.5 Å². The molecule has 0 aliphatic heterocycles. The van der Waals surface area contributed by atoms with Crippen LogP contribution in [-0.2, 0) is 5.75 Å². The molecule has 0 saturated carbocycles. The van der Waals surface area contributed by atoms with Gasteiger partial charge in [0.25, 0.3) is 0 Å². The average Bonchev–Trinajstić information content (AvgIpc) is 2.41. The molecule has 2 rings (SSSR count). The highest BCUT2D eigenvalue weighted by molar-refractivity contribution is 8.13. The van der Waals surface area contributed by atoms with Gasteiger partial charge in [-0.05, 0) is 35.9 Å². The van der Waals surface area contributed by atoms with Crippen LogP contribution < -0.4 is 5.73 Å². The second kappa shape index (κ2) is 7.23. The summed E-state index contributed by atoms with van der Waals surface area (Å²) < 4.78 is 0. The smallest absolute Gasteiger partial charge is 0.159 e. The Bertz CT molecular complexity index is 627. The third-order valence-electron chi connectivity index (χ3n) is 2.44. The molecular formula is C14H11Cl3N2S. The van der Waals surface area contributed by atoms with Gasteiger partial charge in [0.05, 0.1) is 10.7 Å². The highest BCUT2D eigenvalue weighted by Gasteiger charge is 2.02. The zero-order valence-corrected chi connectivity index (χ0v) is 13.4. The summed E-state index contributed by atoms with van der Waals surface area (Å²) >= 11 is 19.1. The first kappa shape index (κ1) is 15.5. The second-order valence-corrected chi connectivity index (χ2v) is 6.24. The van der Waals surface area contributed by atoms with Gasteiger partial charge < -0.3 is 5.73 Å². The first-order valence-corrected chi connectivity index (χ1v) is 7.83. The topological polar surface area (TPSA) is 38.4 Å². The van der Waals surface area contributed by atoms with Gasteiger partial charge in [-0.3, -0.25) is 0 Å². The van der Waals surface area contributed by atoms with Gasteiger partial charge in [0.15, 0.2) is 5.17 Å². The average molecular weight is 346 g/mol. The monoisotopic (exact) mass is 344 g/mol. The van der Waals surface area contributed by atoms with E-state index in [1.54, 1.807) is 18.2 Å². The number of thioether (sulfide) groups is 1. The third kappa shape index (κ3) is 4.60. The van der Waals surface area contributed by atoms with E-state index in [0.717, 1.165) is 11.3 Å². The van der Waals surface area contributed by atoms with Crippen LogP contribution in [0.5, 0.6) is 0 Å². The summed E-state index contributed by atoms with van der Waals surface area (Å²) in [6.07, 6.45) is 0. The van der Waals surface area contributed by atoms with Crippen molar-refractivity contribution in [2.45, 2.75) is 5.75 Å². The Morgan fingerprint density at radius 2 is 1.65 bits per heavy atom. The molecular weight excluding hydrogens is 335 g/mol. The van der Waals surface area contributed by atoms with Crippen LogP contribution >= 0.6 is 46.6 Å². The zero-order chi connectivity index (χ0) is 14.5. The molecule has 0 radical (unpaired) electrons. The van der Waals surface area contributed by atoms with Gasteiger partial charge in [-0.1, -0.05) is 58.7 Å². The standard InChI is InChI=1S/C14H11Cl3N2S/c15-10-3-1-9(2-4-10)8-20-14(18)19-13-6-5-11(16)7-12(13)17/h1-7H,8H2,(H2,18,19). The van der Waals surface area contributed by atoms with Crippen molar-refractivity contribution in [1.82, 2.24) is 0 Å². The van der Waals surface area contributed by atoms with E-state index in [9.17, 15) is 0 Å². The largest absolute Gasteiger partial charge is 0.378 e. The molecule has 0 aliphatic carbocycles. The molecule has 0 unspecified atom stereocenters. The summed E-state index contributed by atoms with van der Waals surface area (Å²) in [7, 11) is 0. The van der Waals surface area contributed by atoms with E-state index >= 15 is 0 Å². The van der Waals surface area contributed by atoms with Crippen LogP contribution in [-0.4, -0.2) is 5.17 Å². The maximum Gasteiger partial charge on any atom is 0.159 e. The Balaban J connectivity index is 2.02. The molecule has 0 aromatic heterocycles. The van der Waals surface area contributed by atoms with E-state index in [1.807, 2.05) is 24.3 Å². The predicted octanol–water partition coefficient (Wildman–Crippen LogP) is 5.53. The minimum Gasteiger partial charge on any atom is -0.378 e. The summed E-state index contributed by atoms with van der Waals surface area (Å²) in [6.45, 7) is 0. The van der Waals surface area contributed by atoms with Crippen LogP contribution in [0.4, 0.5) is 5.69 Å². The molecule has 0 heterocycles. The first-order chi connectivity index (χ1) is 9.54. The Morgan fingerprint density at radius 1 is 1.00 bits per heavy atom. The van der Waals surface area contributed by atoms with E-state index < -0.39 is 0 Å². The van der Waals surface area contributed by atoms with Crippen molar-refractivity contribution in [3.05, 3.63) is 63.1 Å². The highest BCUT2D eigenvalue weighted by atomic mass is 35.5. The van der Waals surface area contributed by atoms with Gasteiger partial charge in [0.2, 0.25) is 0 Å². The van der Waals surface area contributed by atoms with Crippen LogP contribution in [0.25, 0.3) is 0 Å². The van der Waals surface area contributed by atoms with E-state index in [2.05, 4.69) is 4.99 Å². The Hall–Kier alpha value is -0.870. The lowest BCUT2D eigenvalue weighted by atomic mass is 10.2. The molecule has 2 aromatic carbocycles. The molecule has 0 bridgehead atoms. The van der Waals surface area contributed by atoms with Crippen molar-refractivity contribution in [2.24, 2.45) is 10.7 Å². The molecule has 0 atom stereocenters. The molecule has 0 amide bonds. The fourth-order valence-electron chi connectivity index (χ4n) is 1.46. The van der Waals surface area contributed by atoms with Crippen molar-refractivity contribution in [2.75, 3.05) is 0 Å². The van der Waals surface area contributed by atoms with Crippen molar-refractivity contribution < 1.29 is 0 Å². The van der Waals surface area contributed by atoms with Crippen molar-refractivity contribution in [3.63, 3.8) is 0 Å². The summed E-state index contributed by atoms with van der Waals surface area (Å²) in [5.41, 5.74) is 7.62. The van der Waals surface area contributed by atoms with E-state index in [-0.39, 0.29) is 0 Å². The number of benzene rings is 2. The second-order valence-electron chi connectivity index (χ2n) is 3.96. The van der Waals surface area contributed by atoms with Crippen LogP contribution in [0.2, 0.25) is 15.1 Å². The van der Waals surface area contributed by atoms with E-state index in [4.69, 9.17) is 40.5 Å². The predicted molar refractivity (Wildman–Crippen MR) is 90.5 cm³/mol. The lowest BCUT2D eigenvalue weighted by Gasteiger charge is -2.03. The zero-order valence-electron chi connectivity index (χ0n) is 10.3. The Labute approximate surface area is 136 Å². The molecule has 0 aliphatic rings.